The quantitative estimate of drug-likeness (QED) is 0.888. The molecule has 0 unspecified atom stereocenters. The molecule has 0 aliphatic carbocycles. The minimum atomic E-state index is 0.111. The summed E-state index contributed by atoms with van der Waals surface area (Å²) >= 11 is 0. The molecule has 110 valence electrons. The van der Waals surface area contributed by atoms with Crippen molar-refractivity contribution < 1.29 is 9.53 Å². The molecule has 1 aromatic rings. The fraction of sp³-hybridized carbons (Fsp3) is 0.714. The van der Waals surface area contributed by atoms with Crippen molar-refractivity contribution in [3.63, 3.8) is 0 Å². The van der Waals surface area contributed by atoms with Crippen molar-refractivity contribution in [3.8, 4) is 0 Å². The number of hydrogen-bond donors (Lipinski definition) is 1. The van der Waals surface area contributed by atoms with Crippen LogP contribution in [0.4, 0.5) is 0 Å². The second-order valence-electron chi connectivity index (χ2n) is 5.51. The van der Waals surface area contributed by atoms with Gasteiger partial charge in [-0.25, -0.2) is 0 Å². The Morgan fingerprint density at radius 1 is 1.35 bits per heavy atom. The molecule has 2 saturated heterocycles. The Labute approximate surface area is 119 Å². The maximum atomic E-state index is 12.4. The van der Waals surface area contributed by atoms with Crippen molar-refractivity contribution in [2.75, 3.05) is 39.4 Å². The predicted octanol–water partition coefficient (Wildman–Crippen LogP) is 0.795. The number of aromatic nitrogens is 2. The summed E-state index contributed by atoms with van der Waals surface area (Å²) in [7, 11) is 0. The van der Waals surface area contributed by atoms with Crippen LogP contribution in [-0.4, -0.2) is 65.3 Å². The van der Waals surface area contributed by atoms with E-state index >= 15 is 0 Å². The van der Waals surface area contributed by atoms with E-state index in [0.29, 0.717) is 19.8 Å². The third-order valence-corrected chi connectivity index (χ3v) is 4.17. The van der Waals surface area contributed by atoms with Crippen molar-refractivity contribution in [1.29, 1.82) is 0 Å². The zero-order valence-electron chi connectivity index (χ0n) is 11.8. The topological polar surface area (TPSA) is 61.5 Å². The van der Waals surface area contributed by atoms with Gasteiger partial charge in [0, 0.05) is 25.8 Å². The van der Waals surface area contributed by atoms with E-state index in [2.05, 4.69) is 15.1 Å². The van der Waals surface area contributed by atoms with Gasteiger partial charge < -0.3 is 9.64 Å². The highest BCUT2D eigenvalue weighted by Crippen LogP contribution is 2.22. The molecular weight excluding hydrogens is 256 g/mol. The lowest BCUT2D eigenvalue weighted by Gasteiger charge is -2.36. The van der Waals surface area contributed by atoms with Crippen LogP contribution in [0.2, 0.25) is 0 Å². The smallest absolute Gasteiger partial charge is 0.236 e. The van der Waals surface area contributed by atoms with E-state index in [1.807, 2.05) is 11.0 Å². The zero-order valence-corrected chi connectivity index (χ0v) is 11.8. The number of likely N-dealkylation sites (tertiary alicyclic amines) is 1. The highest BCUT2D eigenvalue weighted by Gasteiger charge is 2.29. The highest BCUT2D eigenvalue weighted by atomic mass is 16.5. The number of rotatable bonds is 3. The standard InChI is InChI=1S/C14H22N4O2/c19-14(17-6-2-1-3-7-17)10-18-8-9-20-11-13(18)12-4-5-15-16-12/h4-5,13H,1-3,6-11H2,(H,15,16)/t13-/m0/s1. The SMILES string of the molecule is O=C(CN1CCOC[C@H]1c1ccn[nH]1)N1CCCCC1. The summed E-state index contributed by atoms with van der Waals surface area (Å²) in [6, 6.07) is 2.07. The molecule has 1 N–H and O–H groups in total. The van der Waals surface area contributed by atoms with Crippen LogP contribution in [0.25, 0.3) is 0 Å². The summed E-state index contributed by atoms with van der Waals surface area (Å²) in [5, 5.41) is 6.99. The first-order chi connectivity index (χ1) is 9.84. The molecule has 0 spiro atoms. The van der Waals surface area contributed by atoms with Gasteiger partial charge in [-0.15, -0.1) is 0 Å². The molecule has 1 amide bonds. The predicted molar refractivity (Wildman–Crippen MR) is 74.2 cm³/mol. The Hall–Kier alpha value is -1.40. The molecule has 0 saturated carbocycles. The number of carbonyl (C=O) groups excluding carboxylic acids is 1. The number of morpholine rings is 1. The van der Waals surface area contributed by atoms with Gasteiger partial charge in [-0.2, -0.15) is 5.10 Å². The average molecular weight is 278 g/mol. The van der Waals surface area contributed by atoms with Crippen LogP contribution < -0.4 is 0 Å². The number of amides is 1. The molecule has 20 heavy (non-hydrogen) atoms. The number of nitrogens with zero attached hydrogens (tertiary/aromatic N) is 3. The molecule has 1 aromatic heterocycles. The van der Waals surface area contributed by atoms with E-state index in [1.54, 1.807) is 6.20 Å². The summed E-state index contributed by atoms with van der Waals surface area (Å²) in [5.41, 5.74) is 1.02. The summed E-state index contributed by atoms with van der Waals surface area (Å²) in [6.07, 6.45) is 5.27. The van der Waals surface area contributed by atoms with E-state index < -0.39 is 0 Å². The van der Waals surface area contributed by atoms with Crippen molar-refractivity contribution >= 4 is 5.91 Å². The molecule has 6 heteroatoms. The molecule has 0 radical (unpaired) electrons. The van der Waals surface area contributed by atoms with Crippen molar-refractivity contribution in [1.82, 2.24) is 20.0 Å². The average Bonchev–Trinajstić information content (AvgIpc) is 3.03. The van der Waals surface area contributed by atoms with Gasteiger partial charge in [0.25, 0.3) is 0 Å². The maximum Gasteiger partial charge on any atom is 0.236 e. The Kier molecular flexibility index (Phi) is 4.32. The van der Waals surface area contributed by atoms with E-state index in [0.717, 1.165) is 38.2 Å². The van der Waals surface area contributed by atoms with E-state index in [9.17, 15) is 4.79 Å². The van der Waals surface area contributed by atoms with Crippen LogP contribution in [0.15, 0.2) is 12.3 Å². The van der Waals surface area contributed by atoms with Gasteiger partial charge in [0.15, 0.2) is 0 Å². The summed E-state index contributed by atoms with van der Waals surface area (Å²) in [5.74, 6) is 0.246. The number of nitrogens with one attached hydrogen (secondary N) is 1. The summed E-state index contributed by atoms with van der Waals surface area (Å²) < 4.78 is 5.55. The van der Waals surface area contributed by atoms with Gasteiger partial charge in [0.2, 0.25) is 5.91 Å². The van der Waals surface area contributed by atoms with Crippen molar-refractivity contribution in [2.45, 2.75) is 25.3 Å². The third-order valence-electron chi connectivity index (χ3n) is 4.17. The summed E-state index contributed by atoms with van der Waals surface area (Å²) in [6.45, 7) is 4.42. The molecule has 0 aromatic carbocycles. The normalized spacial score (nSPS) is 24.8. The van der Waals surface area contributed by atoms with Gasteiger partial charge in [-0.05, 0) is 25.3 Å². The van der Waals surface area contributed by atoms with Gasteiger partial charge in [0.1, 0.15) is 0 Å². The monoisotopic (exact) mass is 278 g/mol. The maximum absolute atomic E-state index is 12.4. The Morgan fingerprint density at radius 3 is 2.95 bits per heavy atom. The molecule has 3 rings (SSSR count). The van der Waals surface area contributed by atoms with Gasteiger partial charge in [-0.1, -0.05) is 0 Å². The largest absolute Gasteiger partial charge is 0.378 e. The first-order valence-electron chi connectivity index (χ1n) is 7.43. The van der Waals surface area contributed by atoms with E-state index in [1.165, 1.54) is 6.42 Å². The number of hydrogen-bond acceptors (Lipinski definition) is 4. The Morgan fingerprint density at radius 2 is 2.20 bits per heavy atom. The lowest BCUT2D eigenvalue weighted by atomic mass is 10.1. The molecule has 2 fully saturated rings. The van der Waals surface area contributed by atoms with Crippen LogP contribution in [0.5, 0.6) is 0 Å². The number of carbonyl (C=O) groups is 1. The number of piperidine rings is 1. The molecule has 2 aliphatic heterocycles. The second kappa shape index (κ2) is 6.37. The highest BCUT2D eigenvalue weighted by molar-refractivity contribution is 5.78. The van der Waals surface area contributed by atoms with Crippen LogP contribution in [0, 0.1) is 0 Å². The first-order valence-corrected chi connectivity index (χ1v) is 7.43. The Balaban J connectivity index is 1.63. The number of aromatic amines is 1. The lowest BCUT2D eigenvalue weighted by Crippen LogP contribution is -2.47. The molecule has 2 aliphatic rings. The molecule has 6 nitrogen and oxygen atoms in total. The van der Waals surface area contributed by atoms with Crippen molar-refractivity contribution in [2.24, 2.45) is 0 Å². The minimum Gasteiger partial charge on any atom is -0.378 e. The van der Waals surface area contributed by atoms with E-state index in [4.69, 9.17) is 4.74 Å². The molecule has 3 heterocycles. The van der Waals surface area contributed by atoms with Crippen molar-refractivity contribution in [3.05, 3.63) is 18.0 Å². The number of ether oxygens (including phenoxy) is 1. The minimum absolute atomic E-state index is 0.111. The Bertz CT molecular complexity index is 428. The zero-order chi connectivity index (χ0) is 13.8. The molecule has 0 bridgehead atoms. The first kappa shape index (κ1) is 13.6. The second-order valence-corrected chi connectivity index (χ2v) is 5.51. The fourth-order valence-corrected chi connectivity index (χ4v) is 2.98. The van der Waals surface area contributed by atoms with E-state index in [-0.39, 0.29) is 11.9 Å². The fourth-order valence-electron chi connectivity index (χ4n) is 2.98. The number of H-pyrrole nitrogens is 1. The third kappa shape index (κ3) is 3.02. The van der Waals surface area contributed by atoms with Crippen LogP contribution in [0.1, 0.15) is 31.0 Å². The molecule has 1 atom stereocenters. The molecular formula is C14H22N4O2. The van der Waals surface area contributed by atoms with Gasteiger partial charge in [0.05, 0.1) is 31.5 Å². The summed E-state index contributed by atoms with van der Waals surface area (Å²) in [4.78, 5) is 16.6. The van der Waals surface area contributed by atoms with Crippen LogP contribution in [0.3, 0.4) is 0 Å². The van der Waals surface area contributed by atoms with Crippen LogP contribution in [-0.2, 0) is 9.53 Å². The van der Waals surface area contributed by atoms with Gasteiger partial charge >= 0.3 is 0 Å². The van der Waals surface area contributed by atoms with Crippen LogP contribution >= 0.6 is 0 Å². The lowest BCUT2D eigenvalue weighted by molar-refractivity contribution is -0.135. The van der Waals surface area contributed by atoms with Gasteiger partial charge in [-0.3, -0.25) is 14.8 Å².